The summed E-state index contributed by atoms with van der Waals surface area (Å²) >= 11 is 0. The number of nitrogens with one attached hydrogen (secondary N) is 1. The van der Waals surface area contributed by atoms with Crippen LogP contribution < -0.4 is 5.32 Å². The number of hydrogen-bond acceptors (Lipinski definition) is 1. The van der Waals surface area contributed by atoms with Crippen LogP contribution in [0.1, 0.15) is 26.3 Å². The van der Waals surface area contributed by atoms with Crippen molar-refractivity contribution in [3.63, 3.8) is 0 Å². The van der Waals surface area contributed by atoms with E-state index in [1.165, 1.54) is 27.5 Å². The zero-order valence-electron chi connectivity index (χ0n) is 16.2. The summed E-state index contributed by atoms with van der Waals surface area (Å²) in [6.07, 6.45) is 0. The molecule has 0 aromatic heterocycles. The molecule has 0 fully saturated rings. The first-order chi connectivity index (χ1) is 13.0. The second-order valence-corrected chi connectivity index (χ2v) is 7.99. The van der Waals surface area contributed by atoms with Gasteiger partial charge in [0.2, 0.25) is 0 Å². The highest BCUT2D eigenvalue weighted by Gasteiger charge is 2.18. The van der Waals surface area contributed by atoms with Crippen molar-refractivity contribution in [2.24, 2.45) is 0 Å². The van der Waals surface area contributed by atoms with Crippen molar-refractivity contribution < 1.29 is 0 Å². The van der Waals surface area contributed by atoms with Gasteiger partial charge in [-0.2, -0.15) is 0 Å². The van der Waals surface area contributed by atoms with Crippen molar-refractivity contribution in [2.75, 3.05) is 5.32 Å². The van der Waals surface area contributed by atoms with Crippen LogP contribution in [0.15, 0.2) is 91.0 Å². The molecule has 0 unspecified atom stereocenters. The maximum absolute atomic E-state index is 3.71. The van der Waals surface area contributed by atoms with Gasteiger partial charge in [0.15, 0.2) is 0 Å². The number of rotatable bonds is 3. The van der Waals surface area contributed by atoms with Crippen LogP contribution in [0, 0.1) is 0 Å². The average molecular weight is 351 g/mol. The van der Waals surface area contributed by atoms with Crippen molar-refractivity contribution in [1.82, 2.24) is 0 Å². The molecule has 0 bridgehead atoms. The molecule has 0 saturated heterocycles. The quantitative estimate of drug-likeness (QED) is 0.402. The van der Waals surface area contributed by atoms with Crippen LogP contribution in [0.25, 0.3) is 21.9 Å². The highest BCUT2D eigenvalue weighted by Crippen LogP contribution is 2.37. The smallest absolute Gasteiger partial charge is 0.0464 e. The largest absolute Gasteiger partial charge is 0.355 e. The number of fused-ring (bicyclic) bond motifs is 1. The number of hydrogen-bond donors (Lipinski definition) is 1. The fraction of sp³-hybridized carbons (Fsp3) is 0.154. The second-order valence-electron chi connectivity index (χ2n) is 7.99. The molecule has 0 aliphatic carbocycles. The number of anilines is 2. The van der Waals surface area contributed by atoms with E-state index in [9.17, 15) is 0 Å². The van der Waals surface area contributed by atoms with Crippen LogP contribution in [0.3, 0.4) is 0 Å². The van der Waals surface area contributed by atoms with Crippen LogP contribution in [-0.4, -0.2) is 0 Å². The lowest BCUT2D eigenvalue weighted by Gasteiger charge is -2.24. The van der Waals surface area contributed by atoms with Gasteiger partial charge < -0.3 is 5.32 Å². The SMILES string of the molecule is CC(C)(C)c1ccccc1Nc1ccccc1-c1cccc2ccccc12. The molecule has 0 amide bonds. The van der Waals surface area contributed by atoms with Gasteiger partial charge in [-0.1, -0.05) is 99.6 Å². The molecule has 0 atom stereocenters. The Morgan fingerprint density at radius 1 is 0.556 bits per heavy atom. The Morgan fingerprint density at radius 2 is 1.15 bits per heavy atom. The molecule has 27 heavy (non-hydrogen) atoms. The van der Waals surface area contributed by atoms with E-state index >= 15 is 0 Å². The molecule has 0 saturated carbocycles. The third-order valence-electron chi connectivity index (χ3n) is 5.01. The minimum absolute atomic E-state index is 0.0813. The zero-order chi connectivity index (χ0) is 18.9. The zero-order valence-corrected chi connectivity index (χ0v) is 16.2. The van der Waals surface area contributed by atoms with Gasteiger partial charge in [0.05, 0.1) is 0 Å². The summed E-state index contributed by atoms with van der Waals surface area (Å²) in [4.78, 5) is 0. The van der Waals surface area contributed by atoms with Crippen molar-refractivity contribution in [3.05, 3.63) is 96.6 Å². The first kappa shape index (κ1) is 17.4. The van der Waals surface area contributed by atoms with Gasteiger partial charge in [-0.3, -0.25) is 0 Å². The molecule has 1 heteroatoms. The summed E-state index contributed by atoms with van der Waals surface area (Å²) in [5.41, 5.74) is 6.17. The van der Waals surface area contributed by atoms with Crippen LogP contribution in [0.5, 0.6) is 0 Å². The second kappa shape index (κ2) is 6.92. The van der Waals surface area contributed by atoms with E-state index in [1.54, 1.807) is 0 Å². The number of benzene rings is 4. The standard InChI is InChI=1S/C26H25N/c1-26(2,3)23-16-7-9-18-25(23)27-24-17-8-6-14-22(24)21-15-10-12-19-11-4-5-13-20(19)21/h4-18,27H,1-3H3. The van der Waals surface area contributed by atoms with Gasteiger partial charge in [-0.25, -0.2) is 0 Å². The van der Waals surface area contributed by atoms with Crippen LogP contribution in [0.4, 0.5) is 11.4 Å². The fourth-order valence-corrected chi connectivity index (χ4v) is 3.68. The van der Waals surface area contributed by atoms with Gasteiger partial charge in [0.1, 0.15) is 0 Å². The highest BCUT2D eigenvalue weighted by molar-refractivity contribution is 6.00. The van der Waals surface area contributed by atoms with Crippen LogP contribution in [0.2, 0.25) is 0 Å². The van der Waals surface area contributed by atoms with E-state index in [4.69, 9.17) is 0 Å². The minimum Gasteiger partial charge on any atom is -0.355 e. The van der Waals surface area contributed by atoms with Gasteiger partial charge in [0, 0.05) is 16.9 Å². The molecule has 0 radical (unpaired) electrons. The first-order valence-corrected chi connectivity index (χ1v) is 9.48. The molecule has 1 N–H and O–H groups in total. The van der Waals surface area contributed by atoms with E-state index < -0.39 is 0 Å². The van der Waals surface area contributed by atoms with E-state index in [0.29, 0.717) is 0 Å². The maximum Gasteiger partial charge on any atom is 0.0464 e. The summed E-state index contributed by atoms with van der Waals surface area (Å²) < 4.78 is 0. The third-order valence-corrected chi connectivity index (χ3v) is 5.01. The molecule has 0 aliphatic heterocycles. The van der Waals surface area contributed by atoms with Gasteiger partial charge in [0.25, 0.3) is 0 Å². The van der Waals surface area contributed by atoms with Gasteiger partial charge >= 0.3 is 0 Å². The molecule has 0 aliphatic rings. The van der Waals surface area contributed by atoms with E-state index in [0.717, 1.165) is 11.4 Å². The highest BCUT2D eigenvalue weighted by atomic mass is 14.9. The molecule has 1 nitrogen and oxygen atoms in total. The summed E-state index contributed by atoms with van der Waals surface area (Å²) in [5.74, 6) is 0. The van der Waals surface area contributed by atoms with Crippen molar-refractivity contribution in [1.29, 1.82) is 0 Å². The van der Waals surface area contributed by atoms with Crippen molar-refractivity contribution >= 4 is 22.1 Å². The molecule has 0 spiro atoms. The van der Waals surface area contributed by atoms with Gasteiger partial charge in [-0.05, 0) is 39.4 Å². The van der Waals surface area contributed by atoms with Crippen LogP contribution in [-0.2, 0) is 5.41 Å². The van der Waals surface area contributed by atoms with Gasteiger partial charge in [-0.15, -0.1) is 0 Å². The molecule has 4 rings (SSSR count). The Hall–Kier alpha value is -3.06. The molecular weight excluding hydrogens is 326 g/mol. The third kappa shape index (κ3) is 3.46. The number of para-hydroxylation sites is 2. The molecule has 4 aromatic rings. The summed E-state index contributed by atoms with van der Waals surface area (Å²) in [6.45, 7) is 6.76. The monoisotopic (exact) mass is 351 g/mol. The first-order valence-electron chi connectivity index (χ1n) is 9.48. The lowest BCUT2D eigenvalue weighted by atomic mass is 9.85. The molecular formula is C26H25N. The van der Waals surface area contributed by atoms with Crippen molar-refractivity contribution in [2.45, 2.75) is 26.2 Å². The molecule has 0 heterocycles. The molecule has 134 valence electrons. The van der Waals surface area contributed by atoms with E-state index in [2.05, 4.69) is 117 Å². The molecule has 4 aromatic carbocycles. The normalized spacial score (nSPS) is 11.5. The summed E-state index contributed by atoms with van der Waals surface area (Å²) in [5, 5.41) is 6.25. The summed E-state index contributed by atoms with van der Waals surface area (Å²) in [7, 11) is 0. The Bertz CT molecular complexity index is 1080. The van der Waals surface area contributed by atoms with E-state index in [1.807, 2.05) is 0 Å². The Morgan fingerprint density at radius 3 is 1.96 bits per heavy atom. The van der Waals surface area contributed by atoms with E-state index in [-0.39, 0.29) is 5.41 Å². The Labute approximate surface area is 161 Å². The maximum atomic E-state index is 3.71. The minimum atomic E-state index is 0.0813. The Balaban J connectivity index is 1.84. The van der Waals surface area contributed by atoms with Crippen molar-refractivity contribution in [3.8, 4) is 11.1 Å². The predicted molar refractivity (Wildman–Crippen MR) is 118 cm³/mol. The Kier molecular flexibility index (Phi) is 4.45. The predicted octanol–water partition coefficient (Wildman–Crippen LogP) is 7.55. The summed E-state index contributed by atoms with van der Waals surface area (Å²) in [6, 6.07) is 32.2. The fourth-order valence-electron chi connectivity index (χ4n) is 3.68. The van der Waals surface area contributed by atoms with Crippen LogP contribution >= 0.6 is 0 Å². The average Bonchev–Trinajstić information content (AvgIpc) is 2.68. The lowest BCUT2D eigenvalue weighted by molar-refractivity contribution is 0.592. The topological polar surface area (TPSA) is 12.0 Å². The lowest BCUT2D eigenvalue weighted by Crippen LogP contribution is -2.13.